The average Bonchev–Trinajstić information content (AvgIpc) is 2.29. The molecule has 1 aliphatic rings. The first-order valence-electron chi connectivity index (χ1n) is 5.95. The molecule has 0 amide bonds. The third-order valence-electron chi connectivity index (χ3n) is 3.17. The minimum absolute atomic E-state index is 0. The van der Waals surface area contributed by atoms with Gasteiger partial charge in [-0.1, -0.05) is 44.6 Å². The molecule has 0 spiro atoms. The van der Waals surface area contributed by atoms with Crippen LogP contribution in [0.5, 0.6) is 0 Å². The van der Waals surface area contributed by atoms with Crippen molar-refractivity contribution in [1.82, 2.24) is 0 Å². The van der Waals surface area contributed by atoms with Crippen LogP contribution >= 0.6 is 0 Å². The summed E-state index contributed by atoms with van der Waals surface area (Å²) >= 11 is 0. The normalized spacial score (nSPS) is 16.6. The Hall–Kier alpha value is -1.31. The molecule has 1 aromatic rings. The molecule has 0 radical (unpaired) electrons. The fourth-order valence-corrected chi connectivity index (χ4v) is 2.25. The van der Waals surface area contributed by atoms with E-state index < -0.39 is 0 Å². The van der Waals surface area contributed by atoms with E-state index in [1.165, 1.54) is 29.5 Å². The van der Waals surface area contributed by atoms with Crippen LogP contribution in [0.25, 0.3) is 0 Å². The molecule has 94 valence electrons. The maximum atomic E-state index is 4.90. The van der Waals surface area contributed by atoms with E-state index in [0.29, 0.717) is 5.92 Å². The molecule has 0 unspecified atom stereocenters. The summed E-state index contributed by atoms with van der Waals surface area (Å²) < 4.78 is 0. The molecule has 2 rings (SSSR count). The first-order chi connectivity index (χ1) is 7.72. The highest BCUT2D eigenvalue weighted by atomic mass is 16.6. The minimum Gasteiger partial charge on any atom is -0.399 e. The second kappa shape index (κ2) is 5.85. The van der Waals surface area contributed by atoms with Gasteiger partial charge in [-0.25, -0.2) is 0 Å². The molecule has 0 aromatic heterocycles. The van der Waals surface area contributed by atoms with Crippen molar-refractivity contribution in [3.63, 3.8) is 0 Å². The van der Waals surface area contributed by atoms with E-state index >= 15 is 0 Å². The fourth-order valence-electron chi connectivity index (χ4n) is 2.25. The minimum atomic E-state index is 0. The first kappa shape index (κ1) is 13.8. The average molecular weight is 233 g/mol. The summed E-state index contributed by atoms with van der Waals surface area (Å²) in [6.07, 6.45) is 3.37. The van der Waals surface area contributed by atoms with Crippen LogP contribution in [0.2, 0.25) is 0 Å². The topological polar surface area (TPSA) is 21.6 Å². The molecule has 0 heterocycles. The standard InChI is InChI=1S/C14H19NO.CH4/c1-10(2)11-7-8-13-12(9-11)5-4-6-14(13)15-16-3;/h7-10H,4-6H2,1-3H3;1H4/b15-14+;. The van der Waals surface area contributed by atoms with Gasteiger partial charge in [-0.3, -0.25) is 0 Å². The largest absolute Gasteiger partial charge is 0.399 e. The zero-order valence-corrected chi connectivity index (χ0v) is 10.3. The molecule has 0 bridgehead atoms. The number of rotatable bonds is 2. The van der Waals surface area contributed by atoms with Crippen LogP contribution in [0.3, 0.4) is 0 Å². The van der Waals surface area contributed by atoms with Crippen LogP contribution in [-0.2, 0) is 11.3 Å². The first-order valence-corrected chi connectivity index (χ1v) is 5.95. The lowest BCUT2D eigenvalue weighted by atomic mass is 9.87. The highest BCUT2D eigenvalue weighted by molar-refractivity contribution is 6.02. The van der Waals surface area contributed by atoms with E-state index in [1.54, 1.807) is 7.11 Å². The zero-order chi connectivity index (χ0) is 11.5. The summed E-state index contributed by atoms with van der Waals surface area (Å²) in [5, 5.41) is 4.12. The summed E-state index contributed by atoms with van der Waals surface area (Å²) in [5.41, 5.74) is 5.21. The second-order valence-electron chi connectivity index (χ2n) is 4.65. The molecular formula is C15H23NO. The molecule has 0 fully saturated rings. The predicted octanol–water partition coefficient (Wildman–Crippen LogP) is 4.13. The molecule has 1 aromatic carbocycles. The van der Waals surface area contributed by atoms with Crippen molar-refractivity contribution in [2.75, 3.05) is 7.11 Å². The maximum Gasteiger partial charge on any atom is 0.106 e. The van der Waals surface area contributed by atoms with Crippen LogP contribution in [0, 0.1) is 0 Å². The van der Waals surface area contributed by atoms with Gasteiger partial charge in [-0.2, -0.15) is 0 Å². The van der Waals surface area contributed by atoms with Gasteiger partial charge < -0.3 is 4.84 Å². The summed E-state index contributed by atoms with van der Waals surface area (Å²) in [6, 6.07) is 6.73. The van der Waals surface area contributed by atoms with Crippen LogP contribution in [0.1, 0.15) is 56.7 Å². The molecule has 2 nitrogen and oxygen atoms in total. The Labute approximate surface area is 105 Å². The zero-order valence-electron chi connectivity index (χ0n) is 10.3. The van der Waals surface area contributed by atoms with Crippen LogP contribution < -0.4 is 0 Å². The van der Waals surface area contributed by atoms with Crippen molar-refractivity contribution < 1.29 is 4.84 Å². The third kappa shape index (κ3) is 2.87. The van der Waals surface area contributed by atoms with Gasteiger partial charge in [0.1, 0.15) is 7.11 Å². The third-order valence-corrected chi connectivity index (χ3v) is 3.17. The van der Waals surface area contributed by atoms with Crippen molar-refractivity contribution in [3.05, 3.63) is 34.9 Å². The van der Waals surface area contributed by atoms with E-state index in [-0.39, 0.29) is 7.43 Å². The molecule has 17 heavy (non-hydrogen) atoms. The van der Waals surface area contributed by atoms with Crippen molar-refractivity contribution in [3.8, 4) is 0 Å². The number of benzene rings is 1. The van der Waals surface area contributed by atoms with Gasteiger partial charge in [0.05, 0.1) is 5.71 Å². The molecule has 0 saturated heterocycles. The van der Waals surface area contributed by atoms with Crippen LogP contribution in [0.15, 0.2) is 23.4 Å². The van der Waals surface area contributed by atoms with E-state index in [2.05, 4.69) is 37.2 Å². The molecular weight excluding hydrogens is 210 g/mol. The van der Waals surface area contributed by atoms with Gasteiger partial charge in [0.15, 0.2) is 0 Å². The van der Waals surface area contributed by atoms with E-state index in [4.69, 9.17) is 4.84 Å². The number of aryl methyl sites for hydroxylation is 1. The van der Waals surface area contributed by atoms with E-state index in [1.807, 2.05) is 0 Å². The van der Waals surface area contributed by atoms with E-state index in [9.17, 15) is 0 Å². The number of nitrogens with zero attached hydrogens (tertiary/aromatic N) is 1. The van der Waals surface area contributed by atoms with Gasteiger partial charge in [0.2, 0.25) is 0 Å². The molecule has 0 saturated carbocycles. The quantitative estimate of drug-likeness (QED) is 0.704. The Kier molecular flexibility index (Phi) is 4.73. The fraction of sp³-hybridized carbons (Fsp3) is 0.533. The predicted molar refractivity (Wildman–Crippen MR) is 73.7 cm³/mol. The summed E-state index contributed by atoms with van der Waals surface area (Å²) in [5.74, 6) is 0.593. The van der Waals surface area contributed by atoms with Gasteiger partial charge in [-0.05, 0) is 36.3 Å². The molecule has 2 heteroatoms. The van der Waals surface area contributed by atoms with Gasteiger partial charge >= 0.3 is 0 Å². The lowest BCUT2D eigenvalue weighted by Crippen LogP contribution is -2.12. The molecule has 1 aliphatic carbocycles. The Morgan fingerprint density at radius 3 is 2.65 bits per heavy atom. The molecule has 0 atom stereocenters. The number of fused-ring (bicyclic) bond motifs is 1. The van der Waals surface area contributed by atoms with Gasteiger partial charge in [0, 0.05) is 5.56 Å². The summed E-state index contributed by atoms with van der Waals surface area (Å²) in [7, 11) is 1.61. The molecule has 0 aliphatic heterocycles. The number of hydrogen-bond acceptors (Lipinski definition) is 2. The van der Waals surface area contributed by atoms with Gasteiger partial charge in [0.25, 0.3) is 0 Å². The highest BCUT2D eigenvalue weighted by Gasteiger charge is 2.16. The van der Waals surface area contributed by atoms with Gasteiger partial charge in [-0.15, -0.1) is 0 Å². The Bertz CT molecular complexity index is 407. The molecule has 0 N–H and O–H groups in total. The highest BCUT2D eigenvalue weighted by Crippen LogP contribution is 2.25. The maximum absolute atomic E-state index is 4.90. The van der Waals surface area contributed by atoms with Crippen LogP contribution in [-0.4, -0.2) is 12.8 Å². The van der Waals surface area contributed by atoms with Crippen molar-refractivity contribution in [2.24, 2.45) is 5.16 Å². The lowest BCUT2D eigenvalue weighted by molar-refractivity contribution is 0.212. The number of oxime groups is 1. The van der Waals surface area contributed by atoms with Crippen molar-refractivity contribution in [2.45, 2.75) is 46.5 Å². The smallest absolute Gasteiger partial charge is 0.106 e. The van der Waals surface area contributed by atoms with Crippen LogP contribution in [0.4, 0.5) is 0 Å². The monoisotopic (exact) mass is 233 g/mol. The Morgan fingerprint density at radius 2 is 2.00 bits per heavy atom. The Balaban J connectivity index is 0.00000144. The SMILES string of the molecule is C.CO/N=C1\CCCc2cc(C(C)C)ccc21. The van der Waals surface area contributed by atoms with E-state index in [0.717, 1.165) is 12.1 Å². The summed E-state index contributed by atoms with van der Waals surface area (Å²) in [4.78, 5) is 4.90. The van der Waals surface area contributed by atoms with Crippen molar-refractivity contribution >= 4 is 5.71 Å². The summed E-state index contributed by atoms with van der Waals surface area (Å²) in [6.45, 7) is 4.46. The number of hydrogen-bond donors (Lipinski definition) is 0. The Morgan fingerprint density at radius 1 is 1.24 bits per heavy atom. The second-order valence-corrected chi connectivity index (χ2v) is 4.65. The van der Waals surface area contributed by atoms with Crippen molar-refractivity contribution in [1.29, 1.82) is 0 Å². The lowest BCUT2D eigenvalue weighted by Gasteiger charge is -2.19.